The fourth-order valence-corrected chi connectivity index (χ4v) is 2.11. The molecule has 0 aromatic heterocycles. The molecule has 1 unspecified atom stereocenters. The van der Waals surface area contributed by atoms with Crippen LogP contribution in [-0.2, 0) is 0 Å². The van der Waals surface area contributed by atoms with E-state index in [9.17, 15) is 23.1 Å². The fraction of sp³-hybridized carbons (Fsp3) is 0.133. The monoisotopic (exact) mass is 329 g/mol. The average Bonchev–Trinajstić information content (AvgIpc) is 2.47. The lowest BCUT2D eigenvalue weighted by Crippen LogP contribution is -2.29. The van der Waals surface area contributed by atoms with Crippen LogP contribution in [0.2, 0.25) is 5.02 Å². The van der Waals surface area contributed by atoms with Gasteiger partial charge in [-0.25, -0.2) is 13.2 Å². The molecule has 22 heavy (non-hydrogen) atoms. The van der Waals surface area contributed by atoms with E-state index in [4.69, 9.17) is 11.6 Å². The standard InChI is InChI=1S/C15H11ClF3NO2/c16-14-8(3-1-6-11(14)19)15(22)20-7-12(21)13-9(17)4-2-5-10(13)18/h1-6,12,21H,7H2,(H,20,22). The maximum Gasteiger partial charge on any atom is 0.253 e. The van der Waals surface area contributed by atoms with Gasteiger partial charge in [0.2, 0.25) is 0 Å². The van der Waals surface area contributed by atoms with Gasteiger partial charge in [0.1, 0.15) is 23.6 Å². The second kappa shape index (κ2) is 6.81. The Morgan fingerprint density at radius 2 is 1.64 bits per heavy atom. The highest BCUT2D eigenvalue weighted by Crippen LogP contribution is 2.21. The summed E-state index contributed by atoms with van der Waals surface area (Å²) in [5.41, 5.74) is -0.684. The van der Waals surface area contributed by atoms with Gasteiger partial charge in [0.15, 0.2) is 0 Å². The third kappa shape index (κ3) is 3.40. The Hall–Kier alpha value is -2.05. The van der Waals surface area contributed by atoms with Gasteiger partial charge in [0.25, 0.3) is 5.91 Å². The fourth-order valence-electron chi connectivity index (χ4n) is 1.89. The molecule has 0 aliphatic carbocycles. The number of halogens is 4. The molecular weight excluding hydrogens is 319 g/mol. The summed E-state index contributed by atoms with van der Waals surface area (Å²) < 4.78 is 40.2. The minimum absolute atomic E-state index is 0.136. The second-order valence-corrected chi connectivity index (χ2v) is 4.84. The maximum atomic E-state index is 13.5. The topological polar surface area (TPSA) is 49.3 Å². The first-order valence-electron chi connectivity index (χ1n) is 6.26. The minimum Gasteiger partial charge on any atom is -0.386 e. The number of benzene rings is 2. The zero-order valence-corrected chi connectivity index (χ0v) is 11.9. The summed E-state index contributed by atoms with van der Waals surface area (Å²) in [5.74, 6) is -3.38. The summed E-state index contributed by atoms with van der Waals surface area (Å²) in [7, 11) is 0. The highest BCUT2D eigenvalue weighted by atomic mass is 35.5. The average molecular weight is 330 g/mol. The summed E-state index contributed by atoms with van der Waals surface area (Å²) in [5, 5.41) is 11.7. The van der Waals surface area contributed by atoms with Crippen molar-refractivity contribution in [3.63, 3.8) is 0 Å². The highest BCUT2D eigenvalue weighted by Gasteiger charge is 2.20. The molecule has 1 amide bonds. The predicted octanol–water partition coefficient (Wildman–Crippen LogP) is 3.22. The molecule has 0 aliphatic rings. The molecule has 0 aliphatic heterocycles. The number of carbonyl (C=O) groups is 1. The molecule has 2 aromatic carbocycles. The third-order valence-electron chi connectivity index (χ3n) is 2.99. The highest BCUT2D eigenvalue weighted by molar-refractivity contribution is 6.34. The van der Waals surface area contributed by atoms with Crippen molar-refractivity contribution in [1.29, 1.82) is 0 Å². The van der Waals surface area contributed by atoms with Gasteiger partial charge in [-0.05, 0) is 24.3 Å². The quantitative estimate of drug-likeness (QED) is 0.905. The van der Waals surface area contributed by atoms with Crippen LogP contribution in [0.5, 0.6) is 0 Å². The second-order valence-electron chi connectivity index (χ2n) is 4.46. The van der Waals surface area contributed by atoms with Crippen molar-refractivity contribution in [2.45, 2.75) is 6.10 Å². The summed E-state index contributed by atoms with van der Waals surface area (Å²) in [4.78, 5) is 11.9. The number of aliphatic hydroxyl groups is 1. The van der Waals surface area contributed by atoms with E-state index in [1.54, 1.807) is 0 Å². The summed E-state index contributed by atoms with van der Waals surface area (Å²) >= 11 is 5.65. The lowest BCUT2D eigenvalue weighted by molar-refractivity contribution is 0.0911. The largest absolute Gasteiger partial charge is 0.386 e. The van der Waals surface area contributed by atoms with Gasteiger partial charge in [0, 0.05) is 6.54 Å². The molecule has 0 fully saturated rings. The molecule has 1 atom stereocenters. The molecule has 3 nitrogen and oxygen atoms in total. The van der Waals surface area contributed by atoms with Gasteiger partial charge in [-0.1, -0.05) is 23.7 Å². The Kier molecular flexibility index (Phi) is 5.05. The van der Waals surface area contributed by atoms with Crippen LogP contribution < -0.4 is 5.32 Å². The van der Waals surface area contributed by atoms with E-state index in [0.29, 0.717) is 0 Å². The van der Waals surface area contributed by atoms with Crippen molar-refractivity contribution in [3.8, 4) is 0 Å². The summed E-state index contributed by atoms with van der Waals surface area (Å²) in [6, 6.07) is 6.81. The first-order chi connectivity index (χ1) is 10.4. The molecule has 0 heterocycles. The van der Waals surface area contributed by atoms with Gasteiger partial charge in [-0.2, -0.15) is 0 Å². The molecule has 7 heteroatoms. The summed E-state index contributed by atoms with van der Waals surface area (Å²) in [6.45, 7) is -0.455. The van der Waals surface area contributed by atoms with Crippen molar-refractivity contribution in [2.24, 2.45) is 0 Å². The number of rotatable bonds is 4. The molecule has 0 saturated heterocycles. The van der Waals surface area contributed by atoms with Crippen LogP contribution >= 0.6 is 11.6 Å². The molecule has 0 radical (unpaired) electrons. The van der Waals surface area contributed by atoms with Crippen LogP contribution in [0.3, 0.4) is 0 Å². The van der Waals surface area contributed by atoms with Gasteiger partial charge in [0.05, 0.1) is 16.1 Å². The Morgan fingerprint density at radius 1 is 1.09 bits per heavy atom. The number of amides is 1. The molecule has 2 N–H and O–H groups in total. The predicted molar refractivity (Wildman–Crippen MR) is 75.1 cm³/mol. The van der Waals surface area contributed by atoms with Crippen molar-refractivity contribution < 1.29 is 23.1 Å². The van der Waals surface area contributed by atoms with E-state index >= 15 is 0 Å². The van der Waals surface area contributed by atoms with Crippen molar-refractivity contribution in [3.05, 3.63) is 70.0 Å². The molecule has 2 rings (SSSR count). The van der Waals surface area contributed by atoms with E-state index in [-0.39, 0.29) is 10.6 Å². The van der Waals surface area contributed by atoms with Crippen LogP contribution in [0.15, 0.2) is 36.4 Å². The molecule has 0 bridgehead atoms. The maximum absolute atomic E-state index is 13.5. The lowest BCUT2D eigenvalue weighted by Gasteiger charge is -2.14. The van der Waals surface area contributed by atoms with E-state index < -0.39 is 41.6 Å². The third-order valence-corrected chi connectivity index (χ3v) is 3.37. The van der Waals surface area contributed by atoms with Crippen molar-refractivity contribution >= 4 is 17.5 Å². The van der Waals surface area contributed by atoms with E-state index in [2.05, 4.69) is 5.32 Å². The van der Waals surface area contributed by atoms with Crippen LogP contribution in [0.25, 0.3) is 0 Å². The van der Waals surface area contributed by atoms with Crippen molar-refractivity contribution in [1.82, 2.24) is 5.32 Å². The number of aliphatic hydroxyl groups excluding tert-OH is 1. The minimum atomic E-state index is -1.59. The number of nitrogens with one attached hydrogen (secondary N) is 1. The van der Waals surface area contributed by atoms with Crippen LogP contribution in [0.4, 0.5) is 13.2 Å². The first kappa shape index (κ1) is 16.3. The molecular formula is C15H11ClF3NO2. The van der Waals surface area contributed by atoms with E-state index in [1.807, 2.05) is 0 Å². The number of hydrogen-bond acceptors (Lipinski definition) is 2. The van der Waals surface area contributed by atoms with Crippen LogP contribution in [-0.4, -0.2) is 17.6 Å². The van der Waals surface area contributed by atoms with Crippen LogP contribution in [0, 0.1) is 17.5 Å². The van der Waals surface area contributed by atoms with Crippen molar-refractivity contribution in [2.75, 3.05) is 6.54 Å². The smallest absolute Gasteiger partial charge is 0.253 e. The Morgan fingerprint density at radius 3 is 2.27 bits per heavy atom. The molecule has 0 spiro atoms. The van der Waals surface area contributed by atoms with Gasteiger partial charge >= 0.3 is 0 Å². The normalized spacial score (nSPS) is 12.0. The number of carbonyl (C=O) groups excluding carboxylic acids is 1. The van der Waals surface area contributed by atoms with Gasteiger partial charge in [-0.3, -0.25) is 4.79 Å². The van der Waals surface area contributed by atoms with Gasteiger partial charge < -0.3 is 10.4 Å². The zero-order valence-electron chi connectivity index (χ0n) is 11.1. The van der Waals surface area contributed by atoms with Crippen LogP contribution in [0.1, 0.15) is 22.0 Å². The molecule has 116 valence electrons. The number of hydrogen-bond donors (Lipinski definition) is 2. The zero-order chi connectivity index (χ0) is 16.3. The first-order valence-corrected chi connectivity index (χ1v) is 6.63. The Bertz CT molecular complexity index is 689. The van der Waals surface area contributed by atoms with E-state index in [0.717, 1.165) is 24.3 Å². The Balaban J connectivity index is 2.09. The van der Waals surface area contributed by atoms with E-state index in [1.165, 1.54) is 12.1 Å². The Labute approximate surface area is 129 Å². The lowest BCUT2D eigenvalue weighted by atomic mass is 10.1. The summed E-state index contributed by atoms with van der Waals surface area (Å²) in [6.07, 6.45) is -1.59. The molecule has 0 saturated carbocycles. The molecule has 2 aromatic rings. The SMILES string of the molecule is O=C(NCC(O)c1c(F)cccc1F)c1cccc(F)c1Cl. The van der Waals surface area contributed by atoms with Gasteiger partial charge in [-0.15, -0.1) is 0 Å².